The Morgan fingerprint density at radius 1 is 1.10 bits per heavy atom. The Hall–Kier alpha value is -4.03. The lowest BCUT2D eigenvalue weighted by atomic mass is 10.2. The molecule has 40 heavy (non-hydrogen) atoms. The molecular formula is C27H25ClF3N3O5S. The van der Waals surface area contributed by atoms with Crippen LogP contribution in [0.2, 0.25) is 5.02 Å². The van der Waals surface area contributed by atoms with Gasteiger partial charge < -0.3 is 9.47 Å². The van der Waals surface area contributed by atoms with Gasteiger partial charge >= 0.3 is 6.18 Å². The number of alkyl halides is 3. The lowest BCUT2D eigenvalue weighted by molar-refractivity contribution is -0.137. The molecule has 13 heteroatoms. The van der Waals surface area contributed by atoms with Crippen molar-refractivity contribution in [2.24, 2.45) is 5.10 Å². The monoisotopic (exact) mass is 595 g/mol. The van der Waals surface area contributed by atoms with E-state index < -0.39 is 44.9 Å². The van der Waals surface area contributed by atoms with Crippen LogP contribution in [-0.4, -0.2) is 40.8 Å². The molecule has 3 aromatic rings. The van der Waals surface area contributed by atoms with E-state index in [4.69, 9.17) is 21.1 Å². The lowest BCUT2D eigenvalue weighted by Gasteiger charge is -2.25. The summed E-state index contributed by atoms with van der Waals surface area (Å²) in [5.41, 5.74) is 1.82. The fraction of sp³-hybridized carbons (Fsp3) is 0.185. The molecule has 0 radical (unpaired) electrons. The molecule has 1 amide bonds. The average Bonchev–Trinajstić information content (AvgIpc) is 2.90. The van der Waals surface area contributed by atoms with E-state index in [1.165, 1.54) is 37.6 Å². The number of rotatable bonds is 11. The van der Waals surface area contributed by atoms with Gasteiger partial charge in [-0.25, -0.2) is 13.8 Å². The third kappa shape index (κ3) is 7.54. The van der Waals surface area contributed by atoms with Crippen molar-refractivity contribution in [3.05, 3.63) is 95.0 Å². The minimum Gasteiger partial charge on any atom is -0.493 e. The first-order valence-electron chi connectivity index (χ1n) is 11.6. The van der Waals surface area contributed by atoms with Gasteiger partial charge in [-0.3, -0.25) is 9.10 Å². The van der Waals surface area contributed by atoms with Crippen LogP contribution in [0.3, 0.4) is 0 Å². The van der Waals surface area contributed by atoms with E-state index >= 15 is 0 Å². The number of nitrogens with zero attached hydrogens (tertiary/aromatic N) is 2. The summed E-state index contributed by atoms with van der Waals surface area (Å²) in [6, 6.07) is 13.1. The van der Waals surface area contributed by atoms with Gasteiger partial charge in [0, 0.05) is 0 Å². The summed E-state index contributed by atoms with van der Waals surface area (Å²) in [7, 11) is -3.02. The van der Waals surface area contributed by atoms with Gasteiger partial charge in [0.15, 0.2) is 11.5 Å². The van der Waals surface area contributed by atoms with Gasteiger partial charge in [0.1, 0.15) is 13.2 Å². The molecule has 0 aliphatic heterocycles. The maximum absolute atomic E-state index is 13.5. The van der Waals surface area contributed by atoms with Gasteiger partial charge in [-0.15, -0.1) is 0 Å². The molecule has 0 saturated heterocycles. The van der Waals surface area contributed by atoms with Crippen LogP contribution >= 0.6 is 11.6 Å². The highest BCUT2D eigenvalue weighted by Gasteiger charge is 2.35. The van der Waals surface area contributed by atoms with Crippen LogP contribution in [0.4, 0.5) is 18.9 Å². The van der Waals surface area contributed by atoms with Crippen molar-refractivity contribution >= 4 is 39.4 Å². The van der Waals surface area contributed by atoms with Crippen LogP contribution in [0.15, 0.2) is 83.3 Å². The number of anilines is 1. The van der Waals surface area contributed by atoms with Gasteiger partial charge in [0.25, 0.3) is 15.9 Å². The first-order chi connectivity index (χ1) is 18.9. The zero-order valence-electron chi connectivity index (χ0n) is 21.4. The van der Waals surface area contributed by atoms with E-state index in [0.29, 0.717) is 27.4 Å². The summed E-state index contributed by atoms with van der Waals surface area (Å²) >= 11 is 5.72. The van der Waals surface area contributed by atoms with E-state index in [0.717, 1.165) is 17.7 Å². The number of aryl methyl sites for hydroxylation is 1. The molecule has 0 spiro atoms. The number of carbonyl (C=O) groups excluding carboxylic acids is 1. The van der Waals surface area contributed by atoms with Crippen LogP contribution < -0.4 is 19.2 Å². The van der Waals surface area contributed by atoms with E-state index in [9.17, 15) is 26.4 Å². The third-order valence-electron chi connectivity index (χ3n) is 5.39. The normalized spacial score (nSPS) is 11.8. The summed E-state index contributed by atoms with van der Waals surface area (Å²) < 4.78 is 78.8. The molecule has 0 aliphatic rings. The molecule has 0 fully saturated rings. The average molecular weight is 596 g/mol. The second-order valence-electron chi connectivity index (χ2n) is 8.29. The van der Waals surface area contributed by atoms with Crippen molar-refractivity contribution in [1.29, 1.82) is 0 Å². The minimum atomic E-state index is -4.85. The molecule has 1 N–H and O–H groups in total. The summed E-state index contributed by atoms with van der Waals surface area (Å²) in [5.74, 6) is -0.0502. The highest BCUT2D eigenvalue weighted by molar-refractivity contribution is 7.92. The molecule has 0 atom stereocenters. The van der Waals surface area contributed by atoms with Crippen LogP contribution in [0, 0.1) is 6.92 Å². The molecule has 3 aromatic carbocycles. The second kappa shape index (κ2) is 12.9. The van der Waals surface area contributed by atoms with E-state index in [2.05, 4.69) is 17.1 Å². The number of methoxy groups -OCH3 is 1. The minimum absolute atomic E-state index is 0.219. The Morgan fingerprint density at radius 3 is 2.42 bits per heavy atom. The number of hydrazone groups is 1. The quantitative estimate of drug-likeness (QED) is 0.177. The molecule has 0 aromatic heterocycles. The maximum atomic E-state index is 13.5. The van der Waals surface area contributed by atoms with Crippen molar-refractivity contribution < 1.29 is 35.9 Å². The fourth-order valence-corrected chi connectivity index (χ4v) is 5.05. The largest absolute Gasteiger partial charge is 0.493 e. The van der Waals surface area contributed by atoms with Gasteiger partial charge in [-0.05, 0) is 61.0 Å². The number of sulfonamides is 1. The maximum Gasteiger partial charge on any atom is 0.417 e. The highest BCUT2D eigenvalue weighted by atomic mass is 35.5. The van der Waals surface area contributed by atoms with Crippen LogP contribution in [0.1, 0.15) is 16.7 Å². The number of carbonyl (C=O) groups is 1. The summed E-state index contributed by atoms with van der Waals surface area (Å²) in [6.07, 6.45) is -2.01. The molecule has 0 bridgehead atoms. The molecule has 8 nitrogen and oxygen atoms in total. The van der Waals surface area contributed by atoms with Gasteiger partial charge in [0.2, 0.25) is 0 Å². The van der Waals surface area contributed by atoms with Crippen molar-refractivity contribution in [3.63, 3.8) is 0 Å². The van der Waals surface area contributed by atoms with Crippen molar-refractivity contribution in [2.75, 3.05) is 24.6 Å². The number of hydrogen-bond donors (Lipinski definition) is 1. The summed E-state index contributed by atoms with van der Waals surface area (Å²) in [4.78, 5) is 12.5. The van der Waals surface area contributed by atoms with Crippen LogP contribution in [-0.2, 0) is 21.0 Å². The number of hydrogen-bond acceptors (Lipinski definition) is 6. The van der Waals surface area contributed by atoms with Crippen molar-refractivity contribution in [1.82, 2.24) is 5.43 Å². The summed E-state index contributed by atoms with van der Waals surface area (Å²) in [6.45, 7) is 4.71. The highest BCUT2D eigenvalue weighted by Crippen LogP contribution is 2.38. The SMILES string of the molecule is C=CCOc1ccc(/C=N\NC(=O)CN(c2ccc(Cl)c(C(F)(F)F)c2)S(=O)(=O)c2ccc(C)cc2)cc1OC. The Bertz CT molecular complexity index is 1510. The molecular weight excluding hydrogens is 571 g/mol. The van der Waals surface area contributed by atoms with E-state index in [1.807, 2.05) is 0 Å². The number of amides is 1. The van der Waals surface area contributed by atoms with Gasteiger partial charge in [0.05, 0.1) is 34.5 Å². The molecule has 212 valence electrons. The summed E-state index contributed by atoms with van der Waals surface area (Å²) in [5, 5.41) is 3.22. The van der Waals surface area contributed by atoms with Crippen LogP contribution in [0.25, 0.3) is 0 Å². The van der Waals surface area contributed by atoms with Crippen molar-refractivity contribution in [3.8, 4) is 11.5 Å². The van der Waals surface area contributed by atoms with Crippen molar-refractivity contribution in [2.45, 2.75) is 18.0 Å². The Kier molecular flexibility index (Phi) is 9.83. The van der Waals surface area contributed by atoms with E-state index in [-0.39, 0.29) is 11.5 Å². The molecule has 0 heterocycles. The fourth-order valence-electron chi connectivity index (χ4n) is 3.42. The molecule has 0 saturated carbocycles. The number of halogens is 4. The third-order valence-corrected chi connectivity index (χ3v) is 7.50. The standard InChI is InChI=1S/C27H25ClF3N3O5S/c1-4-13-39-24-12-7-19(14-25(24)38-3)16-32-33-26(35)17-34(40(36,37)21-9-5-18(2)6-10-21)20-8-11-23(28)22(15-20)27(29,30)31/h4-12,14-16H,1,13,17H2,2-3H3,(H,33,35)/b32-16-. The molecule has 0 unspecified atom stereocenters. The Balaban J connectivity index is 1.89. The number of nitrogens with one attached hydrogen (secondary N) is 1. The Labute approximate surface area is 234 Å². The predicted molar refractivity (Wildman–Crippen MR) is 147 cm³/mol. The second-order valence-corrected chi connectivity index (χ2v) is 10.6. The van der Waals surface area contributed by atoms with Gasteiger partial charge in [-0.2, -0.15) is 18.3 Å². The first kappa shape index (κ1) is 30.5. The number of benzene rings is 3. The number of ether oxygens (including phenoxy) is 2. The smallest absolute Gasteiger partial charge is 0.417 e. The van der Waals surface area contributed by atoms with Gasteiger partial charge in [-0.1, -0.05) is 42.0 Å². The lowest BCUT2D eigenvalue weighted by Crippen LogP contribution is -2.39. The van der Waals surface area contributed by atoms with Crippen LogP contribution in [0.5, 0.6) is 11.5 Å². The zero-order valence-corrected chi connectivity index (χ0v) is 23.0. The predicted octanol–water partition coefficient (Wildman–Crippen LogP) is 5.59. The Morgan fingerprint density at radius 2 is 1.80 bits per heavy atom. The molecule has 3 rings (SSSR count). The first-order valence-corrected chi connectivity index (χ1v) is 13.4. The van der Waals surface area contributed by atoms with E-state index in [1.54, 1.807) is 31.2 Å². The topological polar surface area (TPSA) is 97.3 Å². The zero-order chi connectivity index (χ0) is 29.5. The molecule has 0 aliphatic carbocycles.